The zero-order valence-corrected chi connectivity index (χ0v) is 11.9. The van der Waals surface area contributed by atoms with Crippen LogP contribution >= 0.6 is 27.5 Å². The van der Waals surface area contributed by atoms with Gasteiger partial charge in [-0.1, -0.05) is 33.6 Å². The normalized spacial score (nSPS) is 10.6. The van der Waals surface area contributed by atoms with Crippen LogP contribution in [-0.2, 0) is 6.54 Å². The summed E-state index contributed by atoms with van der Waals surface area (Å²) in [6.45, 7) is 0.132. The van der Waals surface area contributed by atoms with Gasteiger partial charge in [-0.3, -0.25) is 0 Å². The number of hydrogen-bond donors (Lipinski definition) is 1. The minimum absolute atomic E-state index is 0.132. The van der Waals surface area contributed by atoms with Crippen LogP contribution in [0.25, 0.3) is 0 Å². The highest BCUT2D eigenvalue weighted by Crippen LogP contribution is 2.33. The van der Waals surface area contributed by atoms with Crippen molar-refractivity contribution in [3.63, 3.8) is 0 Å². The first kappa shape index (κ1) is 14.2. The molecule has 0 bridgehead atoms. The molecule has 0 unspecified atom stereocenters. The Morgan fingerprint density at radius 3 is 2.63 bits per heavy atom. The first-order valence-electron chi connectivity index (χ1n) is 5.32. The van der Waals surface area contributed by atoms with Gasteiger partial charge in [0.25, 0.3) is 0 Å². The average Bonchev–Trinajstić information content (AvgIpc) is 2.35. The first-order valence-corrected chi connectivity index (χ1v) is 6.50. The predicted molar refractivity (Wildman–Crippen MR) is 73.5 cm³/mol. The molecule has 2 rings (SSSR count). The molecule has 0 saturated heterocycles. The quantitative estimate of drug-likeness (QED) is 0.821. The third-order valence-electron chi connectivity index (χ3n) is 2.46. The van der Waals surface area contributed by atoms with Crippen LogP contribution in [-0.4, -0.2) is 0 Å². The van der Waals surface area contributed by atoms with Crippen molar-refractivity contribution in [1.29, 1.82) is 0 Å². The lowest BCUT2D eigenvalue weighted by molar-refractivity contribution is 0.412. The van der Waals surface area contributed by atoms with Crippen molar-refractivity contribution in [2.24, 2.45) is 5.73 Å². The Balaban J connectivity index is 2.45. The molecule has 6 heteroatoms. The molecule has 100 valence electrons. The molecule has 0 aliphatic heterocycles. The lowest BCUT2D eigenvalue weighted by atomic mass is 10.2. The van der Waals surface area contributed by atoms with Crippen molar-refractivity contribution in [3.05, 3.63) is 57.0 Å². The molecule has 2 N–H and O–H groups in total. The topological polar surface area (TPSA) is 35.2 Å². The summed E-state index contributed by atoms with van der Waals surface area (Å²) in [6.07, 6.45) is 0. The van der Waals surface area contributed by atoms with E-state index in [-0.39, 0.29) is 12.3 Å². The standard InChI is InChI=1S/C13H9BrClF2NO/c14-7-4-10(16)13(17)12(5-7)19-11-3-1-2-9(15)8(11)6-18/h1-5H,6,18H2. The molecule has 0 spiro atoms. The van der Waals surface area contributed by atoms with E-state index < -0.39 is 11.6 Å². The van der Waals surface area contributed by atoms with Gasteiger partial charge in [0.15, 0.2) is 11.6 Å². The van der Waals surface area contributed by atoms with Crippen LogP contribution < -0.4 is 10.5 Å². The molecule has 0 aliphatic rings. The summed E-state index contributed by atoms with van der Waals surface area (Å²) < 4.78 is 32.6. The molecule has 2 nitrogen and oxygen atoms in total. The van der Waals surface area contributed by atoms with Gasteiger partial charge in [0.1, 0.15) is 5.75 Å². The smallest absolute Gasteiger partial charge is 0.201 e. The summed E-state index contributed by atoms with van der Waals surface area (Å²) in [5.41, 5.74) is 6.09. The minimum atomic E-state index is -1.06. The van der Waals surface area contributed by atoms with Crippen LogP contribution in [0.4, 0.5) is 8.78 Å². The maximum Gasteiger partial charge on any atom is 0.201 e. The van der Waals surface area contributed by atoms with Crippen molar-refractivity contribution in [3.8, 4) is 11.5 Å². The summed E-state index contributed by atoms with van der Waals surface area (Å²) in [6, 6.07) is 7.23. The van der Waals surface area contributed by atoms with Gasteiger partial charge in [0, 0.05) is 21.6 Å². The van der Waals surface area contributed by atoms with Crippen LogP contribution in [0.15, 0.2) is 34.8 Å². The van der Waals surface area contributed by atoms with Crippen molar-refractivity contribution in [1.82, 2.24) is 0 Å². The maximum atomic E-state index is 13.6. The fraction of sp³-hybridized carbons (Fsp3) is 0.0769. The average molecular weight is 349 g/mol. The highest BCUT2D eigenvalue weighted by molar-refractivity contribution is 9.10. The van der Waals surface area contributed by atoms with E-state index in [1.165, 1.54) is 6.07 Å². The van der Waals surface area contributed by atoms with Gasteiger partial charge in [-0.2, -0.15) is 4.39 Å². The highest BCUT2D eigenvalue weighted by atomic mass is 79.9. The van der Waals surface area contributed by atoms with Crippen LogP contribution in [0.5, 0.6) is 11.5 Å². The predicted octanol–water partition coefficient (Wildman–Crippen LogP) is 4.63. The van der Waals surface area contributed by atoms with E-state index in [0.717, 1.165) is 6.07 Å². The minimum Gasteiger partial charge on any atom is -0.454 e. The number of rotatable bonds is 3. The molecule has 2 aromatic rings. The third-order valence-corrected chi connectivity index (χ3v) is 3.27. The zero-order chi connectivity index (χ0) is 14.0. The van der Waals surface area contributed by atoms with E-state index in [4.69, 9.17) is 22.1 Å². The Kier molecular flexibility index (Phi) is 4.39. The summed E-state index contributed by atoms with van der Waals surface area (Å²) in [5.74, 6) is -2.00. The molecular weight excluding hydrogens is 340 g/mol. The van der Waals surface area contributed by atoms with Gasteiger partial charge >= 0.3 is 0 Å². The number of nitrogens with two attached hydrogens (primary N) is 1. The fourth-order valence-corrected chi connectivity index (χ4v) is 2.21. The van der Waals surface area contributed by atoms with Crippen LogP contribution in [0, 0.1) is 11.6 Å². The number of hydrogen-bond acceptors (Lipinski definition) is 2. The van der Waals surface area contributed by atoms with Crippen molar-refractivity contribution < 1.29 is 13.5 Å². The fourth-order valence-electron chi connectivity index (χ4n) is 1.56. The molecule has 0 heterocycles. The van der Waals surface area contributed by atoms with E-state index in [9.17, 15) is 8.78 Å². The molecule has 0 fully saturated rings. The second-order valence-electron chi connectivity index (χ2n) is 3.72. The number of ether oxygens (including phenoxy) is 1. The lowest BCUT2D eigenvalue weighted by Crippen LogP contribution is -2.01. The van der Waals surface area contributed by atoms with Crippen molar-refractivity contribution >= 4 is 27.5 Å². The number of halogens is 4. The van der Waals surface area contributed by atoms with E-state index >= 15 is 0 Å². The van der Waals surface area contributed by atoms with E-state index in [1.807, 2.05) is 0 Å². The van der Waals surface area contributed by atoms with Crippen LogP contribution in [0.1, 0.15) is 5.56 Å². The third kappa shape index (κ3) is 3.05. The summed E-state index contributed by atoms with van der Waals surface area (Å²) in [7, 11) is 0. The Hall–Kier alpha value is -1.17. The van der Waals surface area contributed by atoms with Crippen LogP contribution in [0.2, 0.25) is 5.02 Å². The van der Waals surface area contributed by atoms with Crippen molar-refractivity contribution in [2.45, 2.75) is 6.54 Å². The summed E-state index contributed by atoms with van der Waals surface area (Å²) >= 11 is 9.03. The molecule has 0 amide bonds. The largest absolute Gasteiger partial charge is 0.454 e. The molecule has 0 saturated carbocycles. The lowest BCUT2D eigenvalue weighted by Gasteiger charge is -2.12. The van der Waals surface area contributed by atoms with E-state index in [2.05, 4.69) is 15.9 Å². The maximum absolute atomic E-state index is 13.6. The summed E-state index contributed by atoms with van der Waals surface area (Å²) in [5, 5.41) is 0.413. The SMILES string of the molecule is NCc1c(Cl)cccc1Oc1cc(Br)cc(F)c1F. The first-order chi connectivity index (χ1) is 9.02. The number of benzene rings is 2. The van der Waals surface area contributed by atoms with Crippen LogP contribution in [0.3, 0.4) is 0 Å². The Morgan fingerprint density at radius 2 is 1.95 bits per heavy atom. The van der Waals surface area contributed by atoms with Gasteiger partial charge in [-0.05, 0) is 24.3 Å². The molecular formula is C13H9BrClF2NO. The second kappa shape index (κ2) is 5.86. The van der Waals surface area contributed by atoms with Gasteiger partial charge in [0.2, 0.25) is 5.82 Å². The molecule has 2 aromatic carbocycles. The van der Waals surface area contributed by atoms with Crippen molar-refractivity contribution in [2.75, 3.05) is 0 Å². The Bertz CT molecular complexity index is 622. The molecule has 0 atom stereocenters. The van der Waals surface area contributed by atoms with Gasteiger partial charge in [0.05, 0.1) is 0 Å². The van der Waals surface area contributed by atoms with Gasteiger partial charge < -0.3 is 10.5 Å². The van der Waals surface area contributed by atoms with E-state index in [1.54, 1.807) is 18.2 Å². The molecule has 0 aliphatic carbocycles. The van der Waals surface area contributed by atoms with E-state index in [0.29, 0.717) is 20.8 Å². The highest BCUT2D eigenvalue weighted by Gasteiger charge is 2.14. The van der Waals surface area contributed by atoms with Gasteiger partial charge in [-0.15, -0.1) is 0 Å². The molecule has 0 radical (unpaired) electrons. The Morgan fingerprint density at radius 1 is 1.21 bits per heavy atom. The van der Waals surface area contributed by atoms with Gasteiger partial charge in [-0.25, -0.2) is 4.39 Å². The second-order valence-corrected chi connectivity index (χ2v) is 5.05. The summed E-state index contributed by atoms with van der Waals surface area (Å²) in [4.78, 5) is 0. The molecule has 19 heavy (non-hydrogen) atoms. The molecule has 0 aromatic heterocycles. The monoisotopic (exact) mass is 347 g/mol. The zero-order valence-electron chi connectivity index (χ0n) is 9.59. The Labute approximate surface area is 122 Å².